The Morgan fingerprint density at radius 2 is 1.91 bits per heavy atom. The van der Waals surface area contributed by atoms with Crippen molar-refractivity contribution >= 4 is 12.0 Å². The van der Waals surface area contributed by atoms with Crippen LogP contribution in [-0.4, -0.2) is 21.0 Å². The van der Waals surface area contributed by atoms with Crippen molar-refractivity contribution in [3.63, 3.8) is 0 Å². The number of aromatic nitrogens is 3. The normalized spacial score (nSPS) is 11.2. The fourth-order valence-corrected chi connectivity index (χ4v) is 2.15. The zero-order valence-corrected chi connectivity index (χ0v) is 12.4. The molecule has 3 aromatic rings. The highest BCUT2D eigenvalue weighted by Crippen LogP contribution is 2.09. The lowest BCUT2D eigenvalue weighted by molar-refractivity contribution is 0.835. The summed E-state index contributed by atoms with van der Waals surface area (Å²) < 4.78 is 1.52. The first kappa shape index (κ1) is 14.0. The maximum atomic E-state index is 12.5. The van der Waals surface area contributed by atoms with E-state index in [0.29, 0.717) is 11.4 Å². The molecule has 0 spiro atoms. The van der Waals surface area contributed by atoms with Gasteiger partial charge in [-0.3, -0.25) is 9.89 Å². The average Bonchev–Trinajstić information content (AvgIpc) is 2.82. The second-order valence-corrected chi connectivity index (χ2v) is 5.07. The SMILES string of the molecule is Cc1ccc(-n2[nH]c(C)c(/C=N\c3ccccn3)c2=O)cc1. The number of aliphatic imine (C=N–C) groups is 1. The number of aryl methyl sites for hydroxylation is 2. The maximum absolute atomic E-state index is 12.5. The molecule has 1 N–H and O–H groups in total. The van der Waals surface area contributed by atoms with Crippen molar-refractivity contribution in [1.29, 1.82) is 0 Å². The molecule has 0 aliphatic carbocycles. The number of nitrogens with one attached hydrogen (secondary N) is 1. The monoisotopic (exact) mass is 292 g/mol. The molecular formula is C17H16N4O. The van der Waals surface area contributed by atoms with Crippen LogP contribution >= 0.6 is 0 Å². The number of benzene rings is 1. The highest BCUT2D eigenvalue weighted by atomic mass is 16.1. The van der Waals surface area contributed by atoms with Crippen LogP contribution in [0.1, 0.15) is 16.8 Å². The smallest absolute Gasteiger partial charge is 0.280 e. The largest absolute Gasteiger partial charge is 0.295 e. The minimum absolute atomic E-state index is 0.124. The molecule has 3 rings (SSSR count). The van der Waals surface area contributed by atoms with Crippen LogP contribution in [0.3, 0.4) is 0 Å². The molecule has 0 aliphatic rings. The second-order valence-electron chi connectivity index (χ2n) is 5.07. The molecule has 22 heavy (non-hydrogen) atoms. The van der Waals surface area contributed by atoms with Crippen molar-refractivity contribution < 1.29 is 0 Å². The Balaban J connectivity index is 1.99. The zero-order chi connectivity index (χ0) is 15.5. The molecule has 0 bridgehead atoms. The number of aromatic amines is 1. The molecule has 1 aromatic carbocycles. The van der Waals surface area contributed by atoms with Gasteiger partial charge in [-0.25, -0.2) is 14.7 Å². The Morgan fingerprint density at radius 3 is 2.59 bits per heavy atom. The van der Waals surface area contributed by atoms with Crippen molar-refractivity contribution in [2.45, 2.75) is 13.8 Å². The van der Waals surface area contributed by atoms with Crippen molar-refractivity contribution in [2.75, 3.05) is 0 Å². The fourth-order valence-electron chi connectivity index (χ4n) is 2.15. The van der Waals surface area contributed by atoms with E-state index in [2.05, 4.69) is 15.1 Å². The van der Waals surface area contributed by atoms with E-state index in [9.17, 15) is 4.79 Å². The van der Waals surface area contributed by atoms with E-state index in [1.807, 2.05) is 50.2 Å². The van der Waals surface area contributed by atoms with Crippen molar-refractivity contribution in [3.05, 3.63) is 75.8 Å². The van der Waals surface area contributed by atoms with Gasteiger partial charge in [-0.2, -0.15) is 0 Å². The zero-order valence-electron chi connectivity index (χ0n) is 12.4. The number of rotatable bonds is 3. The van der Waals surface area contributed by atoms with Crippen molar-refractivity contribution in [1.82, 2.24) is 14.8 Å². The Morgan fingerprint density at radius 1 is 1.14 bits per heavy atom. The molecule has 5 heteroatoms. The summed E-state index contributed by atoms with van der Waals surface area (Å²) in [6, 6.07) is 13.2. The van der Waals surface area contributed by atoms with E-state index < -0.39 is 0 Å². The summed E-state index contributed by atoms with van der Waals surface area (Å²) in [7, 11) is 0. The second kappa shape index (κ2) is 5.81. The van der Waals surface area contributed by atoms with Gasteiger partial charge in [0, 0.05) is 18.1 Å². The van der Waals surface area contributed by atoms with E-state index >= 15 is 0 Å². The molecule has 0 aliphatic heterocycles. The molecule has 2 heterocycles. The Kier molecular flexibility index (Phi) is 3.70. The summed E-state index contributed by atoms with van der Waals surface area (Å²) in [5, 5.41) is 3.08. The summed E-state index contributed by atoms with van der Waals surface area (Å²) in [4.78, 5) is 20.9. The van der Waals surface area contributed by atoms with Gasteiger partial charge in [0.15, 0.2) is 5.82 Å². The third-order valence-corrected chi connectivity index (χ3v) is 3.38. The minimum atomic E-state index is -0.124. The standard InChI is InChI=1S/C17H16N4O/c1-12-6-8-14(9-7-12)21-17(22)15(13(2)20-21)11-19-16-5-3-4-10-18-16/h3-11,20H,1-2H3/b19-11-. The first-order chi connectivity index (χ1) is 10.6. The third kappa shape index (κ3) is 2.74. The van der Waals surface area contributed by atoms with Gasteiger partial charge < -0.3 is 0 Å². The summed E-state index contributed by atoms with van der Waals surface area (Å²) in [5.41, 5.74) is 3.13. The van der Waals surface area contributed by atoms with Crippen LogP contribution in [0.25, 0.3) is 5.69 Å². The number of hydrogen-bond acceptors (Lipinski definition) is 3. The predicted octanol–water partition coefficient (Wildman–Crippen LogP) is 2.93. The van der Waals surface area contributed by atoms with Crippen LogP contribution in [0.5, 0.6) is 0 Å². The van der Waals surface area contributed by atoms with Gasteiger partial charge in [0.25, 0.3) is 5.56 Å². The van der Waals surface area contributed by atoms with Crippen molar-refractivity contribution in [2.24, 2.45) is 4.99 Å². The van der Waals surface area contributed by atoms with Crippen LogP contribution < -0.4 is 5.56 Å². The van der Waals surface area contributed by atoms with Crippen LogP contribution in [0.4, 0.5) is 5.82 Å². The highest BCUT2D eigenvalue weighted by Gasteiger charge is 2.10. The maximum Gasteiger partial charge on any atom is 0.280 e. The molecule has 0 atom stereocenters. The van der Waals surface area contributed by atoms with Crippen LogP contribution in [0.2, 0.25) is 0 Å². The number of nitrogens with zero attached hydrogens (tertiary/aromatic N) is 3. The predicted molar refractivity (Wildman–Crippen MR) is 87.4 cm³/mol. The van der Waals surface area contributed by atoms with Gasteiger partial charge in [-0.05, 0) is 38.1 Å². The van der Waals surface area contributed by atoms with Gasteiger partial charge in [0.1, 0.15) is 0 Å². The Hall–Kier alpha value is -2.95. The molecule has 2 aromatic heterocycles. The van der Waals surface area contributed by atoms with E-state index in [1.165, 1.54) is 4.68 Å². The third-order valence-electron chi connectivity index (χ3n) is 3.38. The van der Waals surface area contributed by atoms with Gasteiger partial charge in [-0.15, -0.1) is 0 Å². The molecule has 0 saturated carbocycles. The summed E-state index contributed by atoms with van der Waals surface area (Å²) in [6.45, 7) is 3.86. The van der Waals surface area contributed by atoms with Gasteiger partial charge in [0.05, 0.1) is 11.3 Å². The lowest BCUT2D eigenvalue weighted by atomic mass is 10.2. The molecule has 0 amide bonds. The molecule has 5 nitrogen and oxygen atoms in total. The Bertz CT molecular complexity index is 858. The topological polar surface area (TPSA) is 63.0 Å². The number of hydrogen-bond donors (Lipinski definition) is 1. The van der Waals surface area contributed by atoms with E-state index in [0.717, 1.165) is 16.9 Å². The molecular weight excluding hydrogens is 276 g/mol. The lowest BCUT2D eigenvalue weighted by Gasteiger charge is -2.01. The van der Waals surface area contributed by atoms with Gasteiger partial charge in [0.2, 0.25) is 0 Å². The van der Waals surface area contributed by atoms with E-state index in [4.69, 9.17) is 0 Å². The summed E-state index contributed by atoms with van der Waals surface area (Å²) >= 11 is 0. The minimum Gasteiger partial charge on any atom is -0.295 e. The van der Waals surface area contributed by atoms with Gasteiger partial charge >= 0.3 is 0 Å². The van der Waals surface area contributed by atoms with Crippen LogP contribution in [0.15, 0.2) is 58.4 Å². The highest BCUT2D eigenvalue weighted by molar-refractivity contribution is 5.82. The van der Waals surface area contributed by atoms with E-state index in [-0.39, 0.29) is 5.56 Å². The molecule has 110 valence electrons. The number of H-pyrrole nitrogens is 1. The Labute approximate surface area is 128 Å². The average molecular weight is 292 g/mol. The van der Waals surface area contributed by atoms with Crippen LogP contribution in [0, 0.1) is 13.8 Å². The summed E-state index contributed by atoms with van der Waals surface area (Å²) in [6.07, 6.45) is 3.22. The summed E-state index contributed by atoms with van der Waals surface area (Å²) in [5.74, 6) is 0.574. The van der Waals surface area contributed by atoms with Crippen LogP contribution in [-0.2, 0) is 0 Å². The molecule has 0 fully saturated rings. The van der Waals surface area contributed by atoms with E-state index in [1.54, 1.807) is 18.5 Å². The number of pyridine rings is 1. The quantitative estimate of drug-likeness (QED) is 0.754. The van der Waals surface area contributed by atoms with Gasteiger partial charge in [-0.1, -0.05) is 23.8 Å². The fraction of sp³-hybridized carbons (Fsp3) is 0.118. The molecule has 0 radical (unpaired) electrons. The first-order valence-electron chi connectivity index (χ1n) is 6.99. The van der Waals surface area contributed by atoms with Crippen molar-refractivity contribution in [3.8, 4) is 5.69 Å². The molecule has 0 saturated heterocycles. The molecule has 0 unspecified atom stereocenters. The lowest BCUT2D eigenvalue weighted by Crippen LogP contribution is -2.17. The first-order valence-corrected chi connectivity index (χ1v) is 6.99.